The molecule has 0 aliphatic carbocycles. The number of aromatic nitrogens is 5. The molecule has 4 heterocycles. The monoisotopic (exact) mass is 555 g/mol. The third-order valence-electron chi connectivity index (χ3n) is 6.68. The summed E-state index contributed by atoms with van der Waals surface area (Å²) in [6, 6.07) is 11.3. The van der Waals surface area contributed by atoms with Crippen LogP contribution in [0.4, 0.5) is 0 Å². The third kappa shape index (κ3) is 5.74. The molecule has 0 atom stereocenters. The average Bonchev–Trinajstić information content (AvgIpc) is 3.41. The number of benzene rings is 1. The molecule has 0 spiro atoms. The first-order valence-corrected chi connectivity index (χ1v) is 13.8. The van der Waals surface area contributed by atoms with Crippen molar-refractivity contribution < 1.29 is 14.5 Å². The summed E-state index contributed by atoms with van der Waals surface area (Å²) in [4.78, 5) is 38.0. The van der Waals surface area contributed by atoms with Crippen molar-refractivity contribution in [3.05, 3.63) is 98.8 Å². The lowest BCUT2D eigenvalue weighted by molar-refractivity contribution is -0.730. The Labute approximate surface area is 238 Å². The van der Waals surface area contributed by atoms with Crippen molar-refractivity contribution >= 4 is 5.84 Å². The van der Waals surface area contributed by atoms with E-state index in [-0.39, 0.29) is 24.2 Å². The Morgan fingerprint density at radius 2 is 1.83 bits per heavy atom. The van der Waals surface area contributed by atoms with Crippen molar-refractivity contribution in [1.29, 1.82) is 0 Å². The molecule has 0 radical (unpaired) electrons. The van der Waals surface area contributed by atoms with E-state index in [1.54, 1.807) is 18.6 Å². The number of hydrogen-bond acceptors (Lipinski definition) is 9. The van der Waals surface area contributed by atoms with E-state index < -0.39 is 0 Å². The molecule has 5 rings (SSSR count). The first kappa shape index (κ1) is 27.8. The van der Waals surface area contributed by atoms with Crippen LogP contribution in [0.2, 0.25) is 0 Å². The van der Waals surface area contributed by atoms with Crippen LogP contribution in [0.25, 0.3) is 17.2 Å². The third-order valence-corrected chi connectivity index (χ3v) is 6.68. The van der Waals surface area contributed by atoms with Crippen molar-refractivity contribution in [3.63, 3.8) is 0 Å². The van der Waals surface area contributed by atoms with Crippen molar-refractivity contribution in [1.82, 2.24) is 29.8 Å². The van der Waals surface area contributed by atoms with E-state index in [9.17, 15) is 10.0 Å². The fourth-order valence-corrected chi connectivity index (χ4v) is 4.77. The lowest BCUT2D eigenvalue weighted by Crippen LogP contribution is -2.31. The Bertz CT molecular complexity index is 1610. The largest absolute Gasteiger partial charge is 0.491 e. The fraction of sp³-hybridized carbons (Fsp3) is 0.333. The second-order valence-electron chi connectivity index (χ2n) is 9.92. The minimum absolute atomic E-state index is 0.0220. The van der Waals surface area contributed by atoms with Gasteiger partial charge >= 0.3 is 5.84 Å². The Morgan fingerprint density at radius 3 is 2.44 bits per heavy atom. The van der Waals surface area contributed by atoms with Gasteiger partial charge in [0.15, 0.2) is 12.5 Å². The van der Waals surface area contributed by atoms with Gasteiger partial charge in [0.2, 0.25) is 5.95 Å². The molecule has 1 aliphatic rings. The van der Waals surface area contributed by atoms with Crippen LogP contribution in [-0.2, 0) is 17.7 Å². The summed E-state index contributed by atoms with van der Waals surface area (Å²) in [6.45, 7) is 8.57. The molecule has 3 aromatic heterocycles. The highest BCUT2D eigenvalue weighted by atomic mass is 16.9. The average molecular weight is 556 g/mol. The summed E-state index contributed by atoms with van der Waals surface area (Å²) in [5.74, 6) is 1.73. The standard InChI is InChI=1S/C30H33N7O4/c1-5-9-26-24(29(38)36(27(35-26)19(3)4)30-32-16-21(17-33-30)40-6-2)14-20-12-13-25(31-15-20)22-10-7-8-11-23(22)28-34-18-41-37(28)39/h7-8,10-13,15-17,19,34H,5-6,9,14,18H2,1-4H3. The van der Waals surface area contributed by atoms with Gasteiger partial charge in [-0.25, -0.2) is 19.5 Å². The van der Waals surface area contributed by atoms with Crippen LogP contribution in [0.3, 0.4) is 0 Å². The van der Waals surface area contributed by atoms with Crippen molar-refractivity contribution in [2.24, 2.45) is 0 Å². The molecular formula is C30H33N7O4. The molecule has 1 aliphatic heterocycles. The summed E-state index contributed by atoms with van der Waals surface area (Å²) in [5, 5.41) is 15.1. The highest BCUT2D eigenvalue weighted by Gasteiger charge is 2.24. The molecule has 4 aromatic rings. The molecule has 1 aromatic carbocycles. The van der Waals surface area contributed by atoms with Crippen LogP contribution >= 0.6 is 0 Å². The number of nitrogens with zero attached hydrogens (tertiary/aromatic N) is 6. The molecule has 0 saturated heterocycles. The SMILES string of the molecule is CCCc1nc(C(C)C)n(-c2ncc(OCC)cn2)c(=O)c1Cc1ccc(-c2ccccc2C2=[N+]([O-])OCN2)nc1. The normalized spacial score (nSPS) is 12.9. The molecule has 0 fully saturated rings. The molecular weight excluding hydrogens is 522 g/mol. The zero-order chi connectivity index (χ0) is 28.9. The maximum absolute atomic E-state index is 14.1. The van der Waals surface area contributed by atoms with Gasteiger partial charge in [-0.1, -0.05) is 51.5 Å². The molecule has 0 unspecified atom stereocenters. The molecule has 0 saturated carbocycles. The van der Waals surface area contributed by atoms with E-state index in [0.29, 0.717) is 58.6 Å². The van der Waals surface area contributed by atoms with Crippen LogP contribution in [0.5, 0.6) is 5.75 Å². The quantitative estimate of drug-likeness (QED) is 0.290. The van der Waals surface area contributed by atoms with E-state index in [2.05, 4.69) is 22.2 Å². The topological polar surface area (TPSA) is 130 Å². The highest BCUT2D eigenvalue weighted by Crippen LogP contribution is 2.24. The highest BCUT2D eigenvalue weighted by molar-refractivity contribution is 6.01. The second-order valence-corrected chi connectivity index (χ2v) is 9.92. The van der Waals surface area contributed by atoms with Gasteiger partial charge < -0.3 is 14.8 Å². The van der Waals surface area contributed by atoms with Crippen molar-refractivity contribution in [2.75, 3.05) is 13.3 Å². The summed E-state index contributed by atoms with van der Waals surface area (Å²) < 4.78 is 6.99. The number of aryl methyl sites for hydroxylation is 1. The number of rotatable bonds is 10. The Hall–Kier alpha value is -4.80. The summed E-state index contributed by atoms with van der Waals surface area (Å²) in [5.41, 5.74) is 4.21. The maximum Gasteiger partial charge on any atom is 0.323 e. The molecule has 0 bridgehead atoms. The van der Waals surface area contributed by atoms with Crippen LogP contribution in [0.1, 0.15) is 68.2 Å². The van der Waals surface area contributed by atoms with Gasteiger partial charge in [-0.15, -0.1) is 0 Å². The molecule has 1 N–H and O–H groups in total. The number of ether oxygens (including phenoxy) is 1. The Kier molecular flexibility index (Phi) is 8.23. The van der Waals surface area contributed by atoms with E-state index >= 15 is 0 Å². The Morgan fingerprint density at radius 1 is 1.07 bits per heavy atom. The molecule has 41 heavy (non-hydrogen) atoms. The first-order chi connectivity index (χ1) is 19.9. The zero-order valence-electron chi connectivity index (χ0n) is 23.6. The van der Waals surface area contributed by atoms with Gasteiger partial charge in [0.25, 0.3) is 5.56 Å². The summed E-state index contributed by atoms with van der Waals surface area (Å²) in [7, 11) is 0. The Balaban J connectivity index is 1.53. The first-order valence-electron chi connectivity index (χ1n) is 13.8. The predicted molar refractivity (Wildman–Crippen MR) is 154 cm³/mol. The van der Waals surface area contributed by atoms with Crippen LogP contribution in [0.15, 0.2) is 59.8 Å². The van der Waals surface area contributed by atoms with Gasteiger partial charge in [0.1, 0.15) is 5.82 Å². The molecule has 212 valence electrons. The number of nitrogens with one attached hydrogen (secondary N) is 1. The van der Waals surface area contributed by atoms with Crippen LogP contribution < -0.4 is 15.6 Å². The van der Waals surface area contributed by atoms with Gasteiger partial charge in [-0.2, -0.15) is 0 Å². The smallest absolute Gasteiger partial charge is 0.323 e. The van der Waals surface area contributed by atoms with Gasteiger partial charge in [-0.3, -0.25) is 15.1 Å². The summed E-state index contributed by atoms with van der Waals surface area (Å²) in [6.07, 6.45) is 6.77. The van der Waals surface area contributed by atoms with Crippen LogP contribution in [-0.4, -0.2) is 48.6 Å². The maximum atomic E-state index is 14.1. The molecule has 11 heteroatoms. The minimum Gasteiger partial charge on any atom is -0.491 e. The van der Waals surface area contributed by atoms with Crippen molar-refractivity contribution in [2.45, 2.75) is 52.9 Å². The fourth-order valence-electron chi connectivity index (χ4n) is 4.77. The number of amidine groups is 1. The van der Waals surface area contributed by atoms with Gasteiger partial charge in [-0.05, 0) is 35.9 Å². The lowest BCUT2D eigenvalue weighted by atomic mass is 10.00. The predicted octanol–water partition coefficient (Wildman–Crippen LogP) is 3.90. The summed E-state index contributed by atoms with van der Waals surface area (Å²) >= 11 is 0. The van der Waals surface area contributed by atoms with E-state index in [4.69, 9.17) is 19.5 Å². The van der Waals surface area contributed by atoms with Gasteiger partial charge in [0.05, 0.1) is 36.0 Å². The number of hydrogen-bond donors (Lipinski definition) is 1. The van der Waals surface area contributed by atoms with Crippen LogP contribution in [0, 0.1) is 5.21 Å². The lowest BCUT2D eigenvalue weighted by Gasteiger charge is -2.18. The number of pyridine rings is 1. The molecule has 0 amide bonds. The minimum atomic E-state index is -0.190. The van der Waals surface area contributed by atoms with E-state index in [1.807, 2.05) is 57.2 Å². The van der Waals surface area contributed by atoms with E-state index in [1.165, 1.54) is 4.57 Å². The zero-order valence-corrected chi connectivity index (χ0v) is 23.6. The van der Waals surface area contributed by atoms with E-state index in [0.717, 1.165) is 23.2 Å². The van der Waals surface area contributed by atoms with Gasteiger partial charge in [0, 0.05) is 29.7 Å². The second kappa shape index (κ2) is 12.2. The molecule has 11 nitrogen and oxygen atoms in total. The van der Waals surface area contributed by atoms with Crippen molar-refractivity contribution in [3.8, 4) is 23.0 Å².